The average Bonchev–Trinajstić information content (AvgIpc) is 3.09. The summed E-state index contributed by atoms with van der Waals surface area (Å²) >= 11 is 6.03. The van der Waals surface area contributed by atoms with Gasteiger partial charge in [-0.1, -0.05) is 48.0 Å². The Morgan fingerprint density at radius 3 is 2.75 bits per heavy atom. The van der Waals surface area contributed by atoms with Gasteiger partial charge in [-0.2, -0.15) is 0 Å². The highest BCUT2D eigenvalue weighted by atomic mass is 35.5. The predicted octanol–water partition coefficient (Wildman–Crippen LogP) is 4.49. The third-order valence-electron chi connectivity index (χ3n) is 4.97. The van der Waals surface area contributed by atoms with E-state index < -0.39 is 5.92 Å². The number of nitrogens with zero attached hydrogens (tertiary/aromatic N) is 1. The van der Waals surface area contributed by atoms with Crippen LogP contribution >= 0.6 is 11.6 Å². The fraction of sp³-hybridized carbons (Fsp3) is 0.182. The molecule has 0 aromatic heterocycles. The highest BCUT2D eigenvalue weighted by Crippen LogP contribution is 2.33. The van der Waals surface area contributed by atoms with E-state index in [0.717, 1.165) is 16.5 Å². The Balaban J connectivity index is 1.56. The van der Waals surface area contributed by atoms with Crippen molar-refractivity contribution in [2.24, 2.45) is 5.92 Å². The Morgan fingerprint density at radius 2 is 1.93 bits per heavy atom. The highest BCUT2D eigenvalue weighted by molar-refractivity contribution is 6.31. The lowest BCUT2D eigenvalue weighted by Crippen LogP contribution is -2.28. The number of carbonyl (C=O) groups excluding carboxylic acids is 2. The molecule has 3 aromatic carbocycles. The van der Waals surface area contributed by atoms with Crippen molar-refractivity contribution in [1.82, 2.24) is 0 Å². The van der Waals surface area contributed by atoms with Crippen LogP contribution in [0, 0.1) is 5.92 Å². The molecule has 0 aliphatic carbocycles. The van der Waals surface area contributed by atoms with Crippen molar-refractivity contribution in [2.75, 3.05) is 23.9 Å². The van der Waals surface area contributed by atoms with Crippen molar-refractivity contribution in [3.8, 4) is 5.75 Å². The van der Waals surface area contributed by atoms with Crippen LogP contribution in [0.25, 0.3) is 10.8 Å². The lowest BCUT2D eigenvalue weighted by Gasteiger charge is -2.19. The lowest BCUT2D eigenvalue weighted by atomic mass is 10.1. The summed E-state index contributed by atoms with van der Waals surface area (Å²) in [5.74, 6) is -0.214. The van der Waals surface area contributed by atoms with E-state index in [4.69, 9.17) is 16.3 Å². The zero-order chi connectivity index (χ0) is 19.7. The second kappa shape index (κ2) is 7.52. The van der Waals surface area contributed by atoms with E-state index in [0.29, 0.717) is 23.0 Å². The Morgan fingerprint density at radius 1 is 1.14 bits per heavy atom. The number of carbonyl (C=O) groups is 2. The number of fused-ring (bicyclic) bond motifs is 1. The number of nitrogens with one attached hydrogen (secondary N) is 1. The average molecular weight is 395 g/mol. The number of rotatable bonds is 4. The smallest absolute Gasteiger partial charge is 0.229 e. The van der Waals surface area contributed by atoms with Gasteiger partial charge >= 0.3 is 0 Å². The number of halogens is 1. The normalized spacial score (nSPS) is 16.4. The zero-order valence-corrected chi connectivity index (χ0v) is 16.1. The van der Waals surface area contributed by atoms with Crippen LogP contribution in [-0.2, 0) is 9.59 Å². The summed E-state index contributed by atoms with van der Waals surface area (Å²) in [6.45, 7) is 0.335. The Hall–Kier alpha value is -3.05. The first-order valence-electron chi connectivity index (χ1n) is 8.99. The van der Waals surface area contributed by atoms with Crippen molar-refractivity contribution in [3.05, 3.63) is 65.7 Å². The van der Waals surface area contributed by atoms with Gasteiger partial charge in [-0.3, -0.25) is 9.59 Å². The van der Waals surface area contributed by atoms with Crippen LogP contribution in [-0.4, -0.2) is 25.5 Å². The Labute approximate surface area is 167 Å². The maximum Gasteiger partial charge on any atom is 0.229 e. The summed E-state index contributed by atoms with van der Waals surface area (Å²) in [5.41, 5.74) is 1.33. The summed E-state index contributed by atoms with van der Waals surface area (Å²) in [5, 5.41) is 5.40. The molecule has 0 spiro atoms. The van der Waals surface area contributed by atoms with Gasteiger partial charge in [0.2, 0.25) is 11.8 Å². The number of methoxy groups -OCH3 is 1. The Kier molecular flexibility index (Phi) is 4.92. The number of amides is 2. The molecule has 1 atom stereocenters. The number of anilines is 2. The summed E-state index contributed by atoms with van der Waals surface area (Å²) in [4.78, 5) is 27.2. The fourth-order valence-electron chi connectivity index (χ4n) is 3.57. The van der Waals surface area contributed by atoms with Crippen LogP contribution in [0.4, 0.5) is 11.4 Å². The molecule has 0 unspecified atom stereocenters. The summed E-state index contributed by atoms with van der Waals surface area (Å²) < 4.78 is 5.27. The molecule has 0 saturated carbocycles. The standard InChI is InChI=1S/C22H19ClN2O3/c1-28-20-10-9-16(23)12-18(20)24-22(27)15-11-21(26)25(13-15)19-8-4-6-14-5-2-3-7-17(14)19/h2-10,12,15H,11,13H2,1H3,(H,24,27)/t15-/m1/s1. The van der Waals surface area contributed by atoms with Gasteiger partial charge in [0.1, 0.15) is 5.75 Å². The number of benzene rings is 3. The molecule has 0 bridgehead atoms. The van der Waals surface area contributed by atoms with Crippen molar-refractivity contribution in [1.29, 1.82) is 0 Å². The van der Waals surface area contributed by atoms with E-state index in [2.05, 4.69) is 5.32 Å². The molecule has 1 heterocycles. The first kappa shape index (κ1) is 18.3. The molecule has 0 radical (unpaired) electrons. The Bertz CT molecular complexity index is 1060. The molecule has 6 heteroatoms. The molecule has 1 N–H and O–H groups in total. The third-order valence-corrected chi connectivity index (χ3v) is 5.21. The number of ether oxygens (including phenoxy) is 1. The van der Waals surface area contributed by atoms with E-state index >= 15 is 0 Å². The SMILES string of the molecule is COc1ccc(Cl)cc1NC(=O)[C@@H]1CC(=O)N(c2cccc3ccccc23)C1. The molecule has 2 amide bonds. The quantitative estimate of drug-likeness (QED) is 0.709. The van der Waals surface area contributed by atoms with Crippen LogP contribution in [0.3, 0.4) is 0 Å². The molecule has 28 heavy (non-hydrogen) atoms. The van der Waals surface area contributed by atoms with Crippen molar-refractivity contribution < 1.29 is 14.3 Å². The highest BCUT2D eigenvalue weighted by Gasteiger charge is 2.36. The van der Waals surface area contributed by atoms with E-state index in [1.807, 2.05) is 42.5 Å². The van der Waals surface area contributed by atoms with E-state index in [1.54, 1.807) is 23.1 Å². The summed E-state index contributed by atoms with van der Waals surface area (Å²) in [6.07, 6.45) is 0.165. The maximum absolute atomic E-state index is 12.8. The van der Waals surface area contributed by atoms with Gasteiger partial charge in [0, 0.05) is 23.4 Å². The molecule has 1 aliphatic rings. The molecule has 1 aliphatic heterocycles. The van der Waals surface area contributed by atoms with E-state index in [-0.39, 0.29) is 18.2 Å². The molecule has 3 aromatic rings. The minimum absolute atomic E-state index is 0.0606. The van der Waals surface area contributed by atoms with Crippen LogP contribution < -0.4 is 15.0 Å². The number of hydrogen-bond donors (Lipinski definition) is 1. The second-order valence-electron chi connectivity index (χ2n) is 6.74. The predicted molar refractivity (Wildman–Crippen MR) is 111 cm³/mol. The molecular weight excluding hydrogens is 376 g/mol. The topological polar surface area (TPSA) is 58.6 Å². The van der Waals surface area contributed by atoms with Gasteiger partial charge in [0.25, 0.3) is 0 Å². The zero-order valence-electron chi connectivity index (χ0n) is 15.3. The van der Waals surface area contributed by atoms with Crippen molar-refractivity contribution in [3.63, 3.8) is 0 Å². The van der Waals surface area contributed by atoms with Crippen LogP contribution in [0.2, 0.25) is 5.02 Å². The van der Waals surface area contributed by atoms with Gasteiger partial charge in [0.05, 0.1) is 24.4 Å². The van der Waals surface area contributed by atoms with Crippen LogP contribution in [0.15, 0.2) is 60.7 Å². The molecule has 142 valence electrons. The second-order valence-corrected chi connectivity index (χ2v) is 7.17. The van der Waals surface area contributed by atoms with Crippen molar-refractivity contribution in [2.45, 2.75) is 6.42 Å². The van der Waals surface area contributed by atoms with Crippen LogP contribution in [0.5, 0.6) is 5.75 Å². The van der Waals surface area contributed by atoms with E-state index in [9.17, 15) is 9.59 Å². The number of hydrogen-bond acceptors (Lipinski definition) is 3. The summed E-state index contributed by atoms with van der Waals surface area (Å²) in [7, 11) is 1.53. The minimum atomic E-state index is -0.449. The summed E-state index contributed by atoms with van der Waals surface area (Å²) in [6, 6.07) is 18.8. The first-order valence-corrected chi connectivity index (χ1v) is 9.37. The molecule has 5 nitrogen and oxygen atoms in total. The third kappa shape index (κ3) is 3.41. The minimum Gasteiger partial charge on any atom is -0.495 e. The van der Waals surface area contributed by atoms with Gasteiger partial charge in [-0.15, -0.1) is 0 Å². The largest absolute Gasteiger partial charge is 0.495 e. The maximum atomic E-state index is 12.8. The molecule has 4 rings (SSSR count). The first-order chi connectivity index (χ1) is 13.6. The fourth-order valence-corrected chi connectivity index (χ4v) is 3.74. The van der Waals surface area contributed by atoms with Crippen molar-refractivity contribution >= 4 is 45.6 Å². The molecular formula is C22H19ClN2O3. The monoisotopic (exact) mass is 394 g/mol. The van der Waals surface area contributed by atoms with Gasteiger partial charge in [0.15, 0.2) is 0 Å². The van der Waals surface area contributed by atoms with Gasteiger partial charge < -0.3 is 15.0 Å². The van der Waals surface area contributed by atoms with Crippen LogP contribution in [0.1, 0.15) is 6.42 Å². The molecule has 1 saturated heterocycles. The van der Waals surface area contributed by atoms with Gasteiger partial charge in [-0.25, -0.2) is 0 Å². The van der Waals surface area contributed by atoms with E-state index in [1.165, 1.54) is 7.11 Å². The lowest BCUT2D eigenvalue weighted by molar-refractivity contribution is -0.122. The molecule has 1 fully saturated rings. The van der Waals surface area contributed by atoms with Gasteiger partial charge in [-0.05, 0) is 29.7 Å².